The highest BCUT2D eigenvalue weighted by Crippen LogP contribution is 2.29. The van der Waals surface area contributed by atoms with Crippen LogP contribution in [0.1, 0.15) is 26.7 Å². The number of hydrogen-bond acceptors (Lipinski definition) is 3. The van der Waals surface area contributed by atoms with E-state index in [-0.39, 0.29) is 12.0 Å². The van der Waals surface area contributed by atoms with Gasteiger partial charge in [0.2, 0.25) is 0 Å². The zero-order valence-electron chi connectivity index (χ0n) is 11.9. The van der Waals surface area contributed by atoms with Gasteiger partial charge in [0.15, 0.2) is 0 Å². The number of methoxy groups -OCH3 is 1. The fraction of sp³-hybridized carbons (Fsp3) is 0.600. The molecule has 3 heteroatoms. The molecule has 0 aliphatic rings. The molecule has 18 heavy (non-hydrogen) atoms. The SMILES string of the molecule is CCC(CC)(CO)CN(C)c1ccc(OC)cc1. The summed E-state index contributed by atoms with van der Waals surface area (Å²) in [6, 6.07) is 8.02. The second kappa shape index (κ2) is 6.64. The highest BCUT2D eigenvalue weighted by atomic mass is 16.5. The Morgan fingerprint density at radius 1 is 1.17 bits per heavy atom. The Balaban J connectivity index is 2.76. The number of benzene rings is 1. The molecule has 0 fully saturated rings. The number of aliphatic hydroxyl groups is 1. The lowest BCUT2D eigenvalue weighted by Gasteiger charge is -2.35. The van der Waals surface area contributed by atoms with E-state index in [0.29, 0.717) is 0 Å². The van der Waals surface area contributed by atoms with Crippen molar-refractivity contribution in [2.45, 2.75) is 26.7 Å². The lowest BCUT2D eigenvalue weighted by Crippen LogP contribution is -2.37. The summed E-state index contributed by atoms with van der Waals surface area (Å²) in [5, 5.41) is 9.61. The molecule has 0 saturated heterocycles. The van der Waals surface area contributed by atoms with Crippen LogP contribution in [0, 0.1) is 5.41 Å². The van der Waals surface area contributed by atoms with Crippen molar-refractivity contribution >= 4 is 5.69 Å². The molecule has 0 atom stereocenters. The molecular formula is C15H25NO2. The van der Waals surface area contributed by atoms with Gasteiger partial charge in [-0.1, -0.05) is 13.8 Å². The Bertz CT molecular complexity index is 336. The quantitative estimate of drug-likeness (QED) is 0.808. The average molecular weight is 251 g/mol. The van der Waals surface area contributed by atoms with Crippen molar-refractivity contribution in [2.24, 2.45) is 5.41 Å². The molecular weight excluding hydrogens is 226 g/mol. The fourth-order valence-corrected chi connectivity index (χ4v) is 2.18. The predicted molar refractivity (Wildman–Crippen MR) is 76.4 cm³/mol. The van der Waals surface area contributed by atoms with Gasteiger partial charge in [0, 0.05) is 24.7 Å². The summed E-state index contributed by atoms with van der Waals surface area (Å²) < 4.78 is 5.15. The second-order valence-electron chi connectivity index (χ2n) is 4.92. The molecule has 0 spiro atoms. The van der Waals surface area contributed by atoms with Crippen LogP contribution in [-0.4, -0.2) is 32.4 Å². The van der Waals surface area contributed by atoms with Crippen molar-refractivity contribution in [3.8, 4) is 5.75 Å². The van der Waals surface area contributed by atoms with E-state index in [0.717, 1.165) is 30.8 Å². The van der Waals surface area contributed by atoms with Crippen molar-refractivity contribution in [3.63, 3.8) is 0 Å². The number of hydrogen-bond donors (Lipinski definition) is 1. The van der Waals surface area contributed by atoms with Crippen LogP contribution < -0.4 is 9.64 Å². The zero-order valence-corrected chi connectivity index (χ0v) is 11.9. The van der Waals surface area contributed by atoms with E-state index in [1.165, 1.54) is 0 Å². The Kier molecular flexibility index (Phi) is 5.48. The number of anilines is 1. The van der Waals surface area contributed by atoms with Crippen LogP contribution in [0.2, 0.25) is 0 Å². The number of aliphatic hydroxyl groups excluding tert-OH is 1. The number of ether oxygens (including phenoxy) is 1. The van der Waals surface area contributed by atoms with Gasteiger partial charge in [0.25, 0.3) is 0 Å². The normalized spacial score (nSPS) is 11.4. The molecule has 0 unspecified atom stereocenters. The number of nitrogens with zero attached hydrogens (tertiary/aromatic N) is 1. The Morgan fingerprint density at radius 3 is 2.11 bits per heavy atom. The first-order chi connectivity index (χ1) is 8.60. The third kappa shape index (κ3) is 3.39. The highest BCUT2D eigenvalue weighted by molar-refractivity contribution is 5.48. The van der Waals surface area contributed by atoms with E-state index >= 15 is 0 Å². The summed E-state index contributed by atoms with van der Waals surface area (Å²) in [6.07, 6.45) is 1.97. The second-order valence-corrected chi connectivity index (χ2v) is 4.92. The maximum Gasteiger partial charge on any atom is 0.119 e. The van der Waals surface area contributed by atoms with E-state index in [4.69, 9.17) is 4.74 Å². The molecule has 0 amide bonds. The molecule has 1 aromatic carbocycles. The van der Waals surface area contributed by atoms with Gasteiger partial charge in [-0.3, -0.25) is 0 Å². The molecule has 0 bridgehead atoms. The molecule has 0 aromatic heterocycles. The van der Waals surface area contributed by atoms with Gasteiger partial charge in [-0.25, -0.2) is 0 Å². The first kappa shape index (κ1) is 14.8. The van der Waals surface area contributed by atoms with Crippen molar-refractivity contribution in [1.82, 2.24) is 0 Å². The molecule has 0 saturated carbocycles. The number of rotatable bonds is 7. The summed E-state index contributed by atoms with van der Waals surface area (Å²) in [5.74, 6) is 0.867. The van der Waals surface area contributed by atoms with Crippen LogP contribution in [0.3, 0.4) is 0 Å². The molecule has 0 aliphatic carbocycles. The minimum Gasteiger partial charge on any atom is -0.497 e. The monoisotopic (exact) mass is 251 g/mol. The van der Waals surface area contributed by atoms with E-state index < -0.39 is 0 Å². The van der Waals surface area contributed by atoms with Gasteiger partial charge in [-0.05, 0) is 37.1 Å². The molecule has 1 aromatic rings. The summed E-state index contributed by atoms with van der Waals surface area (Å²) >= 11 is 0. The maximum absolute atomic E-state index is 9.61. The van der Waals surface area contributed by atoms with Crippen LogP contribution in [-0.2, 0) is 0 Å². The van der Waals surface area contributed by atoms with Gasteiger partial charge in [0.05, 0.1) is 13.7 Å². The zero-order chi connectivity index (χ0) is 13.6. The van der Waals surface area contributed by atoms with Gasteiger partial charge in [0.1, 0.15) is 5.75 Å². The topological polar surface area (TPSA) is 32.7 Å². The van der Waals surface area contributed by atoms with Crippen molar-refractivity contribution < 1.29 is 9.84 Å². The van der Waals surface area contributed by atoms with Crippen molar-refractivity contribution in [2.75, 3.05) is 32.2 Å². The van der Waals surface area contributed by atoms with E-state index in [1.54, 1.807) is 7.11 Å². The third-order valence-corrected chi connectivity index (χ3v) is 3.92. The fourth-order valence-electron chi connectivity index (χ4n) is 2.18. The minimum absolute atomic E-state index is 0.00528. The van der Waals surface area contributed by atoms with E-state index in [2.05, 4.69) is 25.8 Å². The molecule has 102 valence electrons. The summed E-state index contributed by atoms with van der Waals surface area (Å²) in [4.78, 5) is 2.20. The Labute approximate surface area is 110 Å². The Morgan fingerprint density at radius 2 is 1.72 bits per heavy atom. The smallest absolute Gasteiger partial charge is 0.119 e. The van der Waals surface area contributed by atoms with Gasteiger partial charge >= 0.3 is 0 Å². The summed E-state index contributed by atoms with van der Waals surface area (Å²) in [7, 11) is 3.74. The third-order valence-electron chi connectivity index (χ3n) is 3.92. The molecule has 0 aliphatic heterocycles. The van der Waals surface area contributed by atoms with Crippen molar-refractivity contribution in [1.29, 1.82) is 0 Å². The standard InChI is InChI=1S/C15H25NO2/c1-5-15(6-2,12-17)11-16(3)13-7-9-14(18-4)10-8-13/h7-10,17H,5-6,11-12H2,1-4H3. The summed E-state index contributed by atoms with van der Waals surface area (Å²) in [6.45, 7) is 5.38. The first-order valence-corrected chi connectivity index (χ1v) is 6.57. The van der Waals surface area contributed by atoms with Gasteiger partial charge in [-0.2, -0.15) is 0 Å². The summed E-state index contributed by atoms with van der Waals surface area (Å²) in [5.41, 5.74) is 1.14. The highest BCUT2D eigenvalue weighted by Gasteiger charge is 2.27. The lowest BCUT2D eigenvalue weighted by molar-refractivity contribution is 0.121. The van der Waals surface area contributed by atoms with Gasteiger partial charge < -0.3 is 14.7 Å². The van der Waals surface area contributed by atoms with E-state index in [9.17, 15) is 5.11 Å². The van der Waals surface area contributed by atoms with Crippen LogP contribution in [0.15, 0.2) is 24.3 Å². The minimum atomic E-state index is -0.00528. The average Bonchev–Trinajstić information content (AvgIpc) is 2.45. The van der Waals surface area contributed by atoms with E-state index in [1.807, 2.05) is 24.3 Å². The lowest BCUT2D eigenvalue weighted by atomic mass is 9.82. The molecule has 0 heterocycles. The van der Waals surface area contributed by atoms with Crippen LogP contribution in [0.4, 0.5) is 5.69 Å². The largest absolute Gasteiger partial charge is 0.497 e. The van der Waals surface area contributed by atoms with Crippen molar-refractivity contribution in [3.05, 3.63) is 24.3 Å². The van der Waals surface area contributed by atoms with Crippen LogP contribution in [0.5, 0.6) is 5.75 Å². The first-order valence-electron chi connectivity index (χ1n) is 6.57. The van der Waals surface area contributed by atoms with Gasteiger partial charge in [-0.15, -0.1) is 0 Å². The predicted octanol–water partition coefficient (Wildman–Crippen LogP) is 2.93. The maximum atomic E-state index is 9.61. The molecule has 1 N–H and O–H groups in total. The molecule has 0 radical (unpaired) electrons. The molecule has 3 nitrogen and oxygen atoms in total. The van der Waals surface area contributed by atoms with Crippen LogP contribution >= 0.6 is 0 Å². The molecule has 1 rings (SSSR count). The Hall–Kier alpha value is -1.22. The van der Waals surface area contributed by atoms with Crippen LogP contribution in [0.25, 0.3) is 0 Å².